The first-order chi connectivity index (χ1) is 20.7. The van der Waals surface area contributed by atoms with E-state index in [0.717, 1.165) is 0 Å². The Morgan fingerprint density at radius 2 is 1.42 bits per heavy atom. The van der Waals surface area contributed by atoms with Crippen LogP contribution in [0, 0.1) is 0 Å². The second-order valence-electron chi connectivity index (χ2n) is 8.84. The van der Waals surface area contributed by atoms with E-state index in [0.29, 0.717) is 11.4 Å². The second kappa shape index (κ2) is 16.1. The number of Topliss-reactive ketones (excluding diaryl/α,β-unsaturated/α-hetero) is 1. The minimum absolute atomic E-state index is 0.233. The number of ketones is 1. The minimum Gasteiger partial charge on any atom is -0.482 e. The van der Waals surface area contributed by atoms with Crippen LogP contribution in [-0.2, 0) is 23.8 Å². The van der Waals surface area contributed by atoms with Gasteiger partial charge in [0, 0.05) is 12.5 Å². The zero-order chi connectivity index (χ0) is 31.2. The number of carbonyl (C=O) groups is 5. The number of para-hydroxylation sites is 1. The summed E-state index contributed by atoms with van der Waals surface area (Å²) in [6, 6.07) is 21.4. The van der Waals surface area contributed by atoms with Gasteiger partial charge in [0.05, 0.1) is 23.9 Å². The number of ether oxygens (including phenoxy) is 4. The largest absolute Gasteiger partial charge is 0.482 e. The Balaban J connectivity index is 1.63. The number of nitrogens with zero attached hydrogens (tertiary/aromatic N) is 1. The lowest BCUT2D eigenvalue weighted by Crippen LogP contribution is -2.48. The maximum Gasteiger partial charge on any atom is 0.416 e. The molecule has 43 heavy (non-hydrogen) atoms. The van der Waals surface area contributed by atoms with Crippen molar-refractivity contribution >= 4 is 41.2 Å². The molecule has 0 aromatic heterocycles. The van der Waals surface area contributed by atoms with Gasteiger partial charge < -0.3 is 24.3 Å². The summed E-state index contributed by atoms with van der Waals surface area (Å²) in [5.41, 5.74) is 0.870. The van der Waals surface area contributed by atoms with E-state index in [-0.39, 0.29) is 24.3 Å². The van der Waals surface area contributed by atoms with Crippen molar-refractivity contribution in [2.45, 2.75) is 33.1 Å². The van der Waals surface area contributed by atoms with Crippen molar-refractivity contribution in [1.29, 1.82) is 0 Å². The molecule has 0 aliphatic rings. The molecule has 3 aromatic carbocycles. The quantitative estimate of drug-likeness (QED) is 0.111. The summed E-state index contributed by atoms with van der Waals surface area (Å²) in [5, 5.41) is 4.77. The number of hydrogen-bond donors (Lipinski definition) is 2. The first-order valence-electron chi connectivity index (χ1n) is 13.3. The van der Waals surface area contributed by atoms with Crippen molar-refractivity contribution in [2.24, 2.45) is 4.99 Å². The highest BCUT2D eigenvalue weighted by Crippen LogP contribution is 2.14. The van der Waals surface area contributed by atoms with Crippen LogP contribution in [0.25, 0.3) is 0 Å². The van der Waals surface area contributed by atoms with Crippen LogP contribution in [0.15, 0.2) is 89.9 Å². The maximum atomic E-state index is 13.1. The van der Waals surface area contributed by atoms with E-state index >= 15 is 0 Å². The van der Waals surface area contributed by atoms with E-state index in [9.17, 15) is 24.0 Å². The number of hydrogen-bond acceptors (Lipinski definition) is 10. The van der Waals surface area contributed by atoms with Crippen LogP contribution in [0.1, 0.15) is 41.5 Å². The third-order valence-electron chi connectivity index (χ3n) is 5.53. The molecular formula is C31H31N3O9. The third-order valence-corrected chi connectivity index (χ3v) is 5.53. The molecule has 2 N–H and O–H groups in total. The lowest BCUT2D eigenvalue weighted by atomic mass is 10.1. The third kappa shape index (κ3) is 10.4. The molecule has 12 nitrogen and oxygen atoms in total. The molecule has 0 aliphatic carbocycles. The summed E-state index contributed by atoms with van der Waals surface area (Å²) in [4.78, 5) is 66.6. The summed E-state index contributed by atoms with van der Waals surface area (Å²) >= 11 is 0. The van der Waals surface area contributed by atoms with Crippen molar-refractivity contribution < 1.29 is 42.9 Å². The van der Waals surface area contributed by atoms with Gasteiger partial charge in [0.15, 0.2) is 12.4 Å². The summed E-state index contributed by atoms with van der Waals surface area (Å²) in [5.74, 6) is -2.64. The lowest BCUT2D eigenvalue weighted by molar-refractivity contribution is -0.145. The standard InChI is InChI=1S/C31H31N3O9/c1-4-40-26(35)19-41-25-17-15-22(16-18-25)27(36)20(2)32-29(37)28(33-24-13-9-6-10-14-24)34-31(39)43-21(3)42-30(38)23-11-7-5-8-12-23/h5-18,20-21H,4,19H2,1-3H3,(H,32,37)(H,33,34,39). The smallest absolute Gasteiger partial charge is 0.416 e. The van der Waals surface area contributed by atoms with Crippen LogP contribution in [-0.4, -0.2) is 61.1 Å². The molecule has 0 saturated heterocycles. The topological polar surface area (TPSA) is 159 Å². The molecule has 0 radical (unpaired) electrons. The van der Waals surface area contributed by atoms with Gasteiger partial charge in [-0.25, -0.2) is 19.4 Å². The van der Waals surface area contributed by atoms with E-state index < -0.39 is 47.9 Å². The molecule has 2 unspecified atom stereocenters. The van der Waals surface area contributed by atoms with E-state index in [1.54, 1.807) is 67.6 Å². The van der Waals surface area contributed by atoms with Crippen LogP contribution in [0.5, 0.6) is 5.75 Å². The van der Waals surface area contributed by atoms with Gasteiger partial charge in [-0.2, -0.15) is 0 Å². The summed E-state index contributed by atoms with van der Waals surface area (Å²) in [6.07, 6.45) is -2.41. The molecule has 2 atom stereocenters. The maximum absolute atomic E-state index is 13.1. The Bertz CT molecular complexity index is 1440. The number of aliphatic imine (C=N–C) groups is 1. The number of carbonyl (C=O) groups excluding carboxylic acids is 5. The highest BCUT2D eigenvalue weighted by Gasteiger charge is 2.24. The number of rotatable bonds is 11. The summed E-state index contributed by atoms with van der Waals surface area (Å²) in [7, 11) is 0. The molecule has 2 amide bonds. The highest BCUT2D eigenvalue weighted by atomic mass is 16.7. The molecule has 3 aromatic rings. The van der Waals surface area contributed by atoms with Gasteiger partial charge in [-0.3, -0.25) is 14.9 Å². The predicted octanol–water partition coefficient (Wildman–Crippen LogP) is 3.98. The summed E-state index contributed by atoms with van der Waals surface area (Å²) in [6.45, 7) is 4.44. The molecule has 3 rings (SSSR count). The van der Waals surface area contributed by atoms with Crippen LogP contribution >= 0.6 is 0 Å². The van der Waals surface area contributed by atoms with Crippen LogP contribution in [0.4, 0.5) is 10.5 Å². The molecular weight excluding hydrogens is 558 g/mol. The van der Waals surface area contributed by atoms with Crippen LogP contribution in [0.2, 0.25) is 0 Å². The van der Waals surface area contributed by atoms with Gasteiger partial charge in [-0.15, -0.1) is 0 Å². The number of alkyl carbamates (subject to hydrolysis) is 1. The number of benzene rings is 3. The lowest BCUT2D eigenvalue weighted by Gasteiger charge is -2.17. The van der Waals surface area contributed by atoms with Gasteiger partial charge in [-0.05, 0) is 62.4 Å². The molecule has 0 spiro atoms. The predicted molar refractivity (Wildman–Crippen MR) is 155 cm³/mol. The number of amidine groups is 1. The monoisotopic (exact) mass is 589 g/mol. The Morgan fingerprint density at radius 1 is 0.791 bits per heavy atom. The molecule has 224 valence electrons. The number of amides is 2. The van der Waals surface area contributed by atoms with Crippen LogP contribution < -0.4 is 15.4 Å². The Labute approximate surface area is 248 Å². The normalized spacial score (nSPS) is 12.2. The average Bonchev–Trinajstić information content (AvgIpc) is 3.00. The fourth-order valence-electron chi connectivity index (χ4n) is 3.50. The van der Waals surface area contributed by atoms with Gasteiger partial charge >= 0.3 is 18.0 Å². The zero-order valence-electron chi connectivity index (χ0n) is 23.8. The van der Waals surface area contributed by atoms with E-state index in [2.05, 4.69) is 15.6 Å². The zero-order valence-corrected chi connectivity index (χ0v) is 23.8. The van der Waals surface area contributed by atoms with E-state index in [1.807, 2.05) is 0 Å². The minimum atomic E-state index is -1.29. The number of esters is 2. The number of nitrogens with one attached hydrogen (secondary N) is 2. The van der Waals surface area contributed by atoms with Crippen molar-refractivity contribution in [2.75, 3.05) is 13.2 Å². The molecule has 0 heterocycles. The second-order valence-corrected chi connectivity index (χ2v) is 8.84. The fourth-order valence-corrected chi connectivity index (χ4v) is 3.50. The highest BCUT2D eigenvalue weighted by molar-refractivity contribution is 6.41. The Hall–Kier alpha value is -5.52. The van der Waals surface area contributed by atoms with Gasteiger partial charge in [0.2, 0.25) is 12.1 Å². The van der Waals surface area contributed by atoms with E-state index in [1.165, 1.54) is 38.1 Å². The van der Waals surface area contributed by atoms with E-state index in [4.69, 9.17) is 18.9 Å². The van der Waals surface area contributed by atoms with Crippen molar-refractivity contribution in [3.8, 4) is 5.75 Å². The summed E-state index contributed by atoms with van der Waals surface area (Å²) < 4.78 is 20.3. The Morgan fingerprint density at radius 3 is 2.05 bits per heavy atom. The molecule has 0 aliphatic heterocycles. The molecule has 12 heteroatoms. The van der Waals surface area contributed by atoms with Crippen LogP contribution in [0.3, 0.4) is 0 Å². The van der Waals surface area contributed by atoms with Crippen molar-refractivity contribution in [3.05, 3.63) is 96.1 Å². The first-order valence-corrected chi connectivity index (χ1v) is 13.3. The fraction of sp³-hybridized carbons (Fsp3) is 0.226. The molecule has 0 bridgehead atoms. The average molecular weight is 590 g/mol. The first kappa shape index (κ1) is 32.0. The molecule has 0 saturated carbocycles. The Kier molecular flexibility index (Phi) is 11.9. The van der Waals surface area contributed by atoms with Crippen molar-refractivity contribution in [3.63, 3.8) is 0 Å². The molecule has 0 fully saturated rings. The SMILES string of the molecule is CCOC(=O)COc1ccc(C(=O)C(C)NC(=O)/C(=N\c2ccccc2)NC(=O)OC(C)OC(=O)c2ccccc2)cc1. The van der Waals surface area contributed by atoms with Crippen molar-refractivity contribution in [1.82, 2.24) is 10.6 Å². The van der Waals surface area contributed by atoms with Gasteiger partial charge in [0.1, 0.15) is 5.75 Å². The van der Waals surface area contributed by atoms with Gasteiger partial charge in [-0.1, -0.05) is 36.4 Å². The van der Waals surface area contributed by atoms with Gasteiger partial charge in [0.25, 0.3) is 5.91 Å².